The number of rotatable bonds is 1. The minimum atomic E-state index is -0.666. The van der Waals surface area contributed by atoms with Crippen LogP contribution in [0.3, 0.4) is 0 Å². The van der Waals surface area contributed by atoms with Crippen molar-refractivity contribution in [2.24, 2.45) is 5.10 Å². The number of nitrogens with zero attached hydrogens (tertiary/aromatic N) is 2. The van der Waals surface area contributed by atoms with E-state index in [0.29, 0.717) is 12.2 Å². The van der Waals surface area contributed by atoms with Gasteiger partial charge in [0.25, 0.3) is 0 Å². The lowest BCUT2D eigenvalue weighted by atomic mass is 9.90. The van der Waals surface area contributed by atoms with E-state index in [1.54, 1.807) is 11.3 Å². The summed E-state index contributed by atoms with van der Waals surface area (Å²) in [6.45, 7) is 0. The summed E-state index contributed by atoms with van der Waals surface area (Å²) in [6.07, 6.45) is 5.19. The van der Waals surface area contributed by atoms with Crippen molar-refractivity contribution >= 4 is 17.0 Å². The number of aliphatic hydroxyl groups excluding tert-OH is 1. The predicted octanol–water partition coefficient (Wildman–Crippen LogP) is 4.61. The molecule has 1 aliphatic carbocycles. The average Bonchev–Trinajstić information content (AvgIpc) is 3.25. The highest BCUT2D eigenvalue weighted by Crippen LogP contribution is 2.50. The molecule has 0 amide bonds. The first-order valence-electron chi connectivity index (χ1n) is 8.34. The molecule has 5 heteroatoms. The third-order valence-electron chi connectivity index (χ3n) is 5.03. The van der Waals surface area contributed by atoms with Gasteiger partial charge in [-0.15, -0.1) is 11.3 Å². The molecule has 122 valence electrons. The highest BCUT2D eigenvalue weighted by molar-refractivity contribution is 7.12. The lowest BCUT2D eigenvalue weighted by Gasteiger charge is -2.47. The number of hydrogen-bond acceptors (Lipinski definition) is 5. The first kappa shape index (κ1) is 14.1. The van der Waals surface area contributed by atoms with E-state index >= 15 is 0 Å². The van der Waals surface area contributed by atoms with Gasteiger partial charge in [0.05, 0.1) is 22.4 Å². The molecule has 2 atom stereocenters. The molecule has 4 nitrogen and oxygen atoms in total. The molecule has 0 radical (unpaired) electrons. The maximum Gasteiger partial charge on any atom is 0.220 e. The van der Waals surface area contributed by atoms with Crippen molar-refractivity contribution in [3.8, 4) is 5.75 Å². The Morgan fingerprint density at radius 2 is 2.17 bits per heavy atom. The Kier molecular flexibility index (Phi) is 3.00. The number of para-hydroxylation sites is 1. The van der Waals surface area contributed by atoms with E-state index in [1.807, 2.05) is 18.2 Å². The van der Waals surface area contributed by atoms with Crippen LogP contribution >= 0.6 is 11.3 Å². The zero-order valence-electron chi connectivity index (χ0n) is 13.2. The van der Waals surface area contributed by atoms with Crippen LogP contribution in [0.5, 0.6) is 5.75 Å². The standard InChI is InChI=1S/C19H18N2O2S/c22-13-5-3-9-19(12-13)21-16(14-6-1-2-7-17(14)23-19)11-15(20-21)18-8-4-10-24-18/h1-2,4,6-8,10,12,16,22H,3,5,9,11H2. The minimum absolute atomic E-state index is 0.161. The maximum atomic E-state index is 10.2. The first-order valence-corrected chi connectivity index (χ1v) is 9.22. The Morgan fingerprint density at radius 3 is 3.00 bits per heavy atom. The monoisotopic (exact) mass is 338 g/mol. The van der Waals surface area contributed by atoms with E-state index in [1.165, 1.54) is 10.4 Å². The number of benzene rings is 1. The molecule has 1 N–H and O–H groups in total. The smallest absolute Gasteiger partial charge is 0.220 e. The Balaban J connectivity index is 1.66. The molecule has 2 aliphatic heterocycles. The van der Waals surface area contributed by atoms with Crippen molar-refractivity contribution < 1.29 is 9.84 Å². The summed E-state index contributed by atoms with van der Waals surface area (Å²) in [5, 5.41) is 19.3. The van der Waals surface area contributed by atoms with Crippen LogP contribution in [0.4, 0.5) is 0 Å². The summed E-state index contributed by atoms with van der Waals surface area (Å²) < 4.78 is 6.40. The second-order valence-electron chi connectivity index (χ2n) is 6.56. The highest BCUT2D eigenvalue weighted by atomic mass is 32.1. The summed E-state index contributed by atoms with van der Waals surface area (Å²) in [5.41, 5.74) is 1.62. The molecule has 0 saturated carbocycles. The SMILES string of the molecule is OC1=CC2(CCC1)Oc1ccccc1C1CC(c3cccs3)=NN12. The lowest BCUT2D eigenvalue weighted by Crippen LogP contribution is -2.53. The molecule has 0 saturated heterocycles. The molecule has 1 spiro atoms. The molecule has 2 aromatic rings. The first-order chi connectivity index (χ1) is 11.8. The van der Waals surface area contributed by atoms with Crippen LogP contribution in [-0.2, 0) is 0 Å². The summed E-state index contributed by atoms with van der Waals surface area (Å²) in [7, 11) is 0. The van der Waals surface area contributed by atoms with Gasteiger partial charge < -0.3 is 9.84 Å². The molecule has 3 aliphatic rings. The van der Waals surface area contributed by atoms with E-state index < -0.39 is 5.72 Å². The highest BCUT2D eigenvalue weighted by Gasteiger charge is 2.50. The number of hydrazone groups is 1. The van der Waals surface area contributed by atoms with Crippen molar-refractivity contribution in [3.63, 3.8) is 0 Å². The van der Waals surface area contributed by atoms with E-state index in [-0.39, 0.29) is 6.04 Å². The largest absolute Gasteiger partial charge is 0.512 e. The van der Waals surface area contributed by atoms with Gasteiger partial charge in [-0.25, -0.2) is 5.01 Å². The molecular formula is C19H18N2O2S. The van der Waals surface area contributed by atoms with E-state index in [4.69, 9.17) is 9.84 Å². The fourth-order valence-corrected chi connectivity index (χ4v) is 4.69. The van der Waals surface area contributed by atoms with Crippen molar-refractivity contribution in [2.45, 2.75) is 37.5 Å². The molecule has 5 rings (SSSR count). The Morgan fingerprint density at radius 1 is 1.25 bits per heavy atom. The van der Waals surface area contributed by atoms with Crippen molar-refractivity contribution in [1.29, 1.82) is 0 Å². The van der Waals surface area contributed by atoms with Crippen molar-refractivity contribution in [1.82, 2.24) is 5.01 Å². The molecular weight excluding hydrogens is 320 g/mol. The normalized spacial score (nSPS) is 28.0. The van der Waals surface area contributed by atoms with Gasteiger partial charge in [0.1, 0.15) is 5.75 Å². The summed E-state index contributed by atoms with van der Waals surface area (Å²) in [6, 6.07) is 12.5. The number of fused-ring (bicyclic) bond motifs is 4. The van der Waals surface area contributed by atoms with Gasteiger partial charge in [-0.1, -0.05) is 24.3 Å². The Labute approximate surface area is 144 Å². The zero-order valence-corrected chi connectivity index (χ0v) is 14.0. The number of hydrogen-bond donors (Lipinski definition) is 1. The van der Waals surface area contributed by atoms with Gasteiger partial charge in [-0.3, -0.25) is 0 Å². The minimum Gasteiger partial charge on any atom is -0.512 e. The third kappa shape index (κ3) is 2.01. The van der Waals surface area contributed by atoms with Gasteiger partial charge in [-0.2, -0.15) is 5.10 Å². The van der Waals surface area contributed by atoms with Gasteiger partial charge >= 0.3 is 0 Å². The van der Waals surface area contributed by atoms with E-state index in [2.05, 4.69) is 34.7 Å². The van der Waals surface area contributed by atoms with Crippen LogP contribution in [-0.4, -0.2) is 21.6 Å². The summed E-state index contributed by atoms with van der Waals surface area (Å²) in [4.78, 5) is 1.21. The second kappa shape index (κ2) is 5.11. The fraction of sp³-hybridized carbons (Fsp3) is 0.316. The van der Waals surface area contributed by atoms with Crippen LogP contribution in [0.25, 0.3) is 0 Å². The Bertz CT molecular complexity index is 843. The molecule has 3 heterocycles. The number of thiophene rings is 1. The average molecular weight is 338 g/mol. The topological polar surface area (TPSA) is 45.1 Å². The van der Waals surface area contributed by atoms with Gasteiger partial charge in [0.2, 0.25) is 5.72 Å². The third-order valence-corrected chi connectivity index (χ3v) is 5.95. The molecule has 24 heavy (non-hydrogen) atoms. The van der Waals surface area contributed by atoms with Crippen LogP contribution in [0.1, 0.15) is 42.2 Å². The van der Waals surface area contributed by atoms with Gasteiger partial charge in [-0.05, 0) is 23.9 Å². The fourth-order valence-electron chi connectivity index (χ4n) is 3.97. The van der Waals surface area contributed by atoms with Gasteiger partial charge in [0.15, 0.2) is 0 Å². The molecule has 1 aromatic heterocycles. The van der Waals surface area contributed by atoms with Crippen LogP contribution in [0, 0.1) is 0 Å². The van der Waals surface area contributed by atoms with Crippen LogP contribution in [0.2, 0.25) is 0 Å². The summed E-state index contributed by atoms with van der Waals surface area (Å²) >= 11 is 1.72. The quantitative estimate of drug-likeness (QED) is 0.825. The van der Waals surface area contributed by atoms with Crippen molar-refractivity contribution in [3.05, 3.63) is 64.1 Å². The van der Waals surface area contributed by atoms with Crippen LogP contribution < -0.4 is 4.74 Å². The Hall–Kier alpha value is -2.27. The molecule has 2 unspecified atom stereocenters. The summed E-state index contributed by atoms with van der Waals surface area (Å²) in [5.74, 6) is 1.31. The zero-order chi connectivity index (χ0) is 16.1. The number of ether oxygens (including phenoxy) is 1. The predicted molar refractivity (Wildman–Crippen MR) is 94.4 cm³/mol. The second-order valence-corrected chi connectivity index (χ2v) is 7.51. The van der Waals surface area contributed by atoms with E-state index in [9.17, 15) is 5.11 Å². The number of allylic oxidation sites excluding steroid dienone is 1. The van der Waals surface area contributed by atoms with Crippen LogP contribution in [0.15, 0.2) is 58.7 Å². The molecule has 1 aromatic carbocycles. The van der Waals surface area contributed by atoms with Crippen molar-refractivity contribution in [2.75, 3.05) is 0 Å². The number of aliphatic hydroxyl groups is 1. The molecule has 0 bridgehead atoms. The molecule has 0 fully saturated rings. The van der Waals surface area contributed by atoms with E-state index in [0.717, 1.165) is 30.7 Å². The lowest BCUT2D eigenvalue weighted by molar-refractivity contribution is -0.0944. The van der Waals surface area contributed by atoms with Gasteiger partial charge in [0, 0.05) is 30.9 Å². The maximum absolute atomic E-state index is 10.2.